The van der Waals surface area contributed by atoms with Gasteiger partial charge >= 0.3 is 12.1 Å². The monoisotopic (exact) mass is 521 g/mol. The first-order valence-electron chi connectivity index (χ1n) is 12.8. The molecule has 1 fully saturated rings. The standard InChI is InChI=1S/C27H35N7O4/c1-8-37-24(35)27(7)15-34(20-11-19(12-28)9-10-29-20)23-21(27)22(30-16-31-23)32-13-18(3)33(14-17(32)2)25(36)38-26(4,5)6/h9-11,16-18H,8,13-15H2,1-7H3/t17-,18+,27+/m0/s1. The Labute approximate surface area is 223 Å². The minimum Gasteiger partial charge on any atom is -0.465 e. The summed E-state index contributed by atoms with van der Waals surface area (Å²) in [6.45, 7) is 14.5. The van der Waals surface area contributed by atoms with Crippen LogP contribution in [0, 0.1) is 11.3 Å². The molecule has 2 aromatic rings. The fraction of sp³-hybridized carbons (Fsp3) is 0.556. The first-order valence-corrected chi connectivity index (χ1v) is 12.8. The molecule has 11 nitrogen and oxygen atoms in total. The molecule has 4 rings (SSSR count). The molecular formula is C27H35N7O4. The molecule has 3 atom stereocenters. The maximum absolute atomic E-state index is 13.4. The summed E-state index contributed by atoms with van der Waals surface area (Å²) in [4.78, 5) is 45.7. The van der Waals surface area contributed by atoms with Crippen molar-refractivity contribution in [1.29, 1.82) is 5.26 Å². The number of rotatable bonds is 4. The Morgan fingerprint density at radius 2 is 1.87 bits per heavy atom. The summed E-state index contributed by atoms with van der Waals surface area (Å²) in [7, 11) is 0. The Morgan fingerprint density at radius 1 is 1.16 bits per heavy atom. The molecule has 2 aliphatic heterocycles. The number of esters is 1. The van der Waals surface area contributed by atoms with E-state index in [1.54, 1.807) is 30.2 Å². The van der Waals surface area contributed by atoms with E-state index < -0.39 is 11.0 Å². The molecule has 2 aliphatic rings. The van der Waals surface area contributed by atoms with E-state index >= 15 is 0 Å². The van der Waals surface area contributed by atoms with E-state index in [9.17, 15) is 14.9 Å². The lowest BCUT2D eigenvalue weighted by Gasteiger charge is -2.45. The second-order valence-corrected chi connectivity index (χ2v) is 11.0. The molecule has 1 amide bonds. The van der Waals surface area contributed by atoms with Crippen molar-refractivity contribution in [2.45, 2.75) is 71.6 Å². The number of amides is 1. The number of pyridine rings is 1. The van der Waals surface area contributed by atoms with E-state index in [2.05, 4.69) is 25.9 Å². The molecule has 1 saturated heterocycles. The Kier molecular flexibility index (Phi) is 7.19. The van der Waals surface area contributed by atoms with Crippen LogP contribution in [-0.2, 0) is 19.7 Å². The van der Waals surface area contributed by atoms with Crippen LogP contribution >= 0.6 is 0 Å². The summed E-state index contributed by atoms with van der Waals surface area (Å²) >= 11 is 0. The predicted octanol–water partition coefficient (Wildman–Crippen LogP) is 3.55. The quantitative estimate of drug-likeness (QED) is 0.552. The van der Waals surface area contributed by atoms with E-state index in [-0.39, 0.29) is 37.3 Å². The van der Waals surface area contributed by atoms with Crippen molar-refractivity contribution < 1.29 is 19.1 Å². The first-order chi connectivity index (χ1) is 17.9. The summed E-state index contributed by atoms with van der Waals surface area (Å²) in [5, 5.41) is 9.41. The third-order valence-corrected chi connectivity index (χ3v) is 6.85. The van der Waals surface area contributed by atoms with E-state index in [0.29, 0.717) is 41.7 Å². The highest BCUT2D eigenvalue weighted by Crippen LogP contribution is 2.48. The molecule has 4 heterocycles. The molecule has 0 radical (unpaired) electrons. The lowest BCUT2D eigenvalue weighted by molar-refractivity contribution is -0.148. The summed E-state index contributed by atoms with van der Waals surface area (Å²) in [6, 6.07) is 5.17. The number of ether oxygens (including phenoxy) is 2. The minimum atomic E-state index is -1.09. The lowest BCUT2D eigenvalue weighted by atomic mass is 9.84. The molecule has 202 valence electrons. The van der Waals surface area contributed by atoms with Crippen LogP contribution in [0.5, 0.6) is 0 Å². The summed E-state index contributed by atoms with van der Waals surface area (Å²) in [5.41, 5.74) is -0.576. The molecule has 0 unspecified atom stereocenters. The molecular weight excluding hydrogens is 486 g/mol. The number of aromatic nitrogens is 3. The highest BCUT2D eigenvalue weighted by Gasteiger charge is 2.51. The Balaban J connectivity index is 1.76. The van der Waals surface area contributed by atoms with Crippen LogP contribution < -0.4 is 9.80 Å². The van der Waals surface area contributed by atoms with Crippen LogP contribution in [0.1, 0.15) is 59.6 Å². The van der Waals surface area contributed by atoms with Gasteiger partial charge in [0.15, 0.2) is 0 Å². The van der Waals surface area contributed by atoms with Crippen molar-refractivity contribution >= 4 is 29.5 Å². The lowest BCUT2D eigenvalue weighted by Crippen LogP contribution is -2.59. The largest absolute Gasteiger partial charge is 0.465 e. The number of carbonyl (C=O) groups is 2. The van der Waals surface area contributed by atoms with E-state index in [4.69, 9.17) is 9.47 Å². The highest BCUT2D eigenvalue weighted by molar-refractivity contribution is 5.92. The summed E-state index contributed by atoms with van der Waals surface area (Å²) in [6.07, 6.45) is 2.69. The number of hydrogen-bond acceptors (Lipinski definition) is 10. The van der Waals surface area contributed by atoms with Gasteiger partial charge in [-0.3, -0.25) is 4.79 Å². The number of nitriles is 1. The zero-order valence-corrected chi connectivity index (χ0v) is 23.1. The molecule has 11 heteroatoms. The minimum absolute atomic E-state index is 0.113. The van der Waals surface area contributed by atoms with Crippen molar-refractivity contribution in [3.63, 3.8) is 0 Å². The van der Waals surface area contributed by atoms with Gasteiger partial charge in [-0.2, -0.15) is 5.26 Å². The van der Waals surface area contributed by atoms with Crippen molar-refractivity contribution in [3.8, 4) is 6.07 Å². The van der Waals surface area contributed by atoms with Gasteiger partial charge in [-0.1, -0.05) is 0 Å². The zero-order chi connectivity index (χ0) is 27.8. The van der Waals surface area contributed by atoms with Crippen LogP contribution in [0.25, 0.3) is 0 Å². The van der Waals surface area contributed by atoms with Crippen molar-refractivity contribution in [1.82, 2.24) is 19.9 Å². The number of carbonyl (C=O) groups excluding carboxylic acids is 2. The van der Waals surface area contributed by atoms with Crippen LogP contribution in [0.2, 0.25) is 0 Å². The van der Waals surface area contributed by atoms with Crippen LogP contribution in [0.15, 0.2) is 24.7 Å². The van der Waals surface area contributed by atoms with Gasteiger partial charge in [-0.15, -0.1) is 0 Å². The van der Waals surface area contributed by atoms with Gasteiger partial charge in [0.25, 0.3) is 0 Å². The van der Waals surface area contributed by atoms with Gasteiger partial charge in [0.05, 0.1) is 23.8 Å². The molecule has 0 bridgehead atoms. The van der Waals surface area contributed by atoms with Crippen molar-refractivity contribution in [2.75, 3.05) is 36.0 Å². The smallest absolute Gasteiger partial charge is 0.410 e. The number of anilines is 3. The predicted molar refractivity (Wildman–Crippen MR) is 141 cm³/mol. The molecule has 0 aromatic carbocycles. The first kappa shape index (κ1) is 27.1. The van der Waals surface area contributed by atoms with Crippen LogP contribution in [-0.4, -0.2) is 75.8 Å². The molecule has 0 saturated carbocycles. The Morgan fingerprint density at radius 3 is 2.53 bits per heavy atom. The zero-order valence-electron chi connectivity index (χ0n) is 23.1. The third-order valence-electron chi connectivity index (χ3n) is 6.85. The fourth-order valence-corrected chi connectivity index (χ4v) is 5.03. The van der Waals surface area contributed by atoms with Gasteiger partial charge in [0, 0.05) is 37.9 Å². The fourth-order valence-electron chi connectivity index (χ4n) is 5.03. The number of nitrogens with zero attached hydrogens (tertiary/aromatic N) is 7. The second-order valence-electron chi connectivity index (χ2n) is 11.0. The second kappa shape index (κ2) is 10.1. The van der Waals surface area contributed by atoms with E-state index in [1.165, 1.54) is 6.33 Å². The van der Waals surface area contributed by atoms with E-state index in [0.717, 1.165) is 0 Å². The molecule has 38 heavy (non-hydrogen) atoms. The molecule has 0 N–H and O–H groups in total. The van der Waals surface area contributed by atoms with Crippen molar-refractivity contribution in [3.05, 3.63) is 35.8 Å². The van der Waals surface area contributed by atoms with Crippen molar-refractivity contribution in [2.24, 2.45) is 0 Å². The Hall–Kier alpha value is -3.94. The average molecular weight is 522 g/mol. The van der Waals surface area contributed by atoms with Gasteiger partial charge in [0.2, 0.25) is 0 Å². The molecule has 2 aromatic heterocycles. The normalized spacial score (nSPS) is 23.1. The van der Waals surface area contributed by atoms with Crippen LogP contribution in [0.3, 0.4) is 0 Å². The van der Waals surface area contributed by atoms with Gasteiger partial charge in [0.1, 0.15) is 34.8 Å². The molecule has 0 spiro atoms. The average Bonchev–Trinajstić information content (AvgIpc) is 3.18. The number of hydrogen-bond donors (Lipinski definition) is 0. The topological polar surface area (TPSA) is 125 Å². The highest BCUT2D eigenvalue weighted by atomic mass is 16.6. The van der Waals surface area contributed by atoms with Gasteiger partial charge in [-0.25, -0.2) is 19.7 Å². The Bertz CT molecular complexity index is 1270. The maximum atomic E-state index is 13.4. The van der Waals surface area contributed by atoms with Crippen LogP contribution in [0.4, 0.5) is 22.2 Å². The number of piperazine rings is 1. The van der Waals surface area contributed by atoms with Gasteiger partial charge < -0.3 is 24.2 Å². The summed E-state index contributed by atoms with van der Waals surface area (Å²) in [5.74, 6) is 1.29. The SMILES string of the molecule is CCOC(=O)[C@]1(C)CN(c2cc(C#N)ccn2)c2ncnc(N3C[C@@H](C)N(C(=O)OC(C)(C)C)C[C@@H]3C)c21. The van der Waals surface area contributed by atoms with Gasteiger partial charge in [-0.05, 0) is 60.6 Å². The van der Waals surface area contributed by atoms with E-state index in [1.807, 2.05) is 46.4 Å². The third kappa shape index (κ3) is 4.95. The number of fused-ring (bicyclic) bond motifs is 1. The summed E-state index contributed by atoms with van der Waals surface area (Å²) < 4.78 is 11.1. The molecule has 0 aliphatic carbocycles. The maximum Gasteiger partial charge on any atom is 0.410 e.